The van der Waals surface area contributed by atoms with Crippen molar-refractivity contribution in [2.75, 3.05) is 6.61 Å². The third kappa shape index (κ3) is 3.00. The van der Waals surface area contributed by atoms with Crippen LogP contribution in [0.15, 0.2) is 22.7 Å². The van der Waals surface area contributed by atoms with E-state index in [9.17, 15) is 4.79 Å². The molecule has 92 valence electrons. The van der Waals surface area contributed by atoms with E-state index in [4.69, 9.17) is 16.3 Å². The van der Waals surface area contributed by atoms with E-state index >= 15 is 0 Å². The molecular weight excluding hydrogens is 305 g/mol. The first kappa shape index (κ1) is 12.9. The molecule has 1 aromatic carbocycles. The van der Waals surface area contributed by atoms with E-state index in [0.29, 0.717) is 17.2 Å². The Hall–Kier alpha value is -0.580. The largest absolute Gasteiger partial charge is 0.376 e. The minimum atomic E-state index is -0.123. The highest BCUT2D eigenvalue weighted by Gasteiger charge is 2.26. The van der Waals surface area contributed by atoms with Gasteiger partial charge in [0.2, 0.25) is 0 Å². The van der Waals surface area contributed by atoms with E-state index in [1.54, 1.807) is 18.2 Å². The Morgan fingerprint density at radius 2 is 2.35 bits per heavy atom. The summed E-state index contributed by atoms with van der Waals surface area (Å²) >= 11 is 9.23. The number of benzene rings is 1. The summed E-state index contributed by atoms with van der Waals surface area (Å²) in [6, 6.07) is 5.24. The monoisotopic (exact) mass is 317 g/mol. The Morgan fingerprint density at radius 3 is 3.00 bits per heavy atom. The second-order valence-corrected chi connectivity index (χ2v) is 5.36. The van der Waals surface area contributed by atoms with Gasteiger partial charge in [0.05, 0.1) is 17.7 Å². The van der Waals surface area contributed by atoms with Gasteiger partial charge < -0.3 is 10.1 Å². The molecule has 1 aliphatic rings. The highest BCUT2D eigenvalue weighted by molar-refractivity contribution is 9.10. The molecule has 1 saturated heterocycles. The molecular formula is C12H13BrClNO2. The first-order valence-electron chi connectivity index (χ1n) is 5.45. The number of ether oxygens (including phenoxy) is 1. The van der Waals surface area contributed by atoms with E-state index in [1.165, 1.54) is 0 Å². The fourth-order valence-corrected chi connectivity index (χ4v) is 2.44. The molecule has 1 N–H and O–H groups in total. The number of hydrogen-bond donors (Lipinski definition) is 1. The minimum absolute atomic E-state index is 0.0666. The van der Waals surface area contributed by atoms with Crippen LogP contribution >= 0.6 is 27.5 Å². The van der Waals surface area contributed by atoms with Crippen molar-refractivity contribution < 1.29 is 9.53 Å². The van der Waals surface area contributed by atoms with Crippen LogP contribution in [-0.2, 0) is 4.74 Å². The zero-order valence-electron chi connectivity index (χ0n) is 9.37. The molecule has 1 heterocycles. The summed E-state index contributed by atoms with van der Waals surface area (Å²) in [4.78, 5) is 12.1. The van der Waals surface area contributed by atoms with Gasteiger partial charge in [0.1, 0.15) is 0 Å². The summed E-state index contributed by atoms with van der Waals surface area (Å²) in [6.45, 7) is 2.66. The molecule has 1 fully saturated rings. The van der Waals surface area contributed by atoms with E-state index in [-0.39, 0.29) is 18.1 Å². The van der Waals surface area contributed by atoms with Gasteiger partial charge >= 0.3 is 0 Å². The van der Waals surface area contributed by atoms with Crippen molar-refractivity contribution in [1.82, 2.24) is 5.32 Å². The SMILES string of the molecule is CC1OCCC1NC(=O)c1cc(Cl)ccc1Br. The van der Waals surface area contributed by atoms with Gasteiger partial charge in [-0.15, -0.1) is 0 Å². The van der Waals surface area contributed by atoms with Gasteiger partial charge in [-0.1, -0.05) is 11.6 Å². The maximum Gasteiger partial charge on any atom is 0.252 e. The predicted octanol–water partition coefficient (Wildman–Crippen LogP) is 3.01. The van der Waals surface area contributed by atoms with Crippen LogP contribution in [0, 0.1) is 0 Å². The molecule has 1 aromatic rings. The number of halogens is 2. The standard InChI is InChI=1S/C12H13BrClNO2/c1-7-11(4-5-17-7)15-12(16)9-6-8(14)2-3-10(9)13/h2-3,6-7,11H,4-5H2,1H3,(H,15,16). The molecule has 1 amide bonds. The third-order valence-corrected chi connectivity index (χ3v) is 3.79. The summed E-state index contributed by atoms with van der Waals surface area (Å²) in [5.74, 6) is -0.123. The van der Waals surface area contributed by atoms with Crippen LogP contribution in [0.5, 0.6) is 0 Å². The zero-order valence-corrected chi connectivity index (χ0v) is 11.7. The van der Waals surface area contributed by atoms with E-state index < -0.39 is 0 Å². The Labute approximate surface area is 114 Å². The summed E-state index contributed by atoms with van der Waals surface area (Å²) in [7, 11) is 0. The Morgan fingerprint density at radius 1 is 1.59 bits per heavy atom. The number of hydrogen-bond acceptors (Lipinski definition) is 2. The lowest BCUT2D eigenvalue weighted by atomic mass is 10.1. The Kier molecular flexibility index (Phi) is 4.07. The van der Waals surface area contributed by atoms with E-state index in [0.717, 1.165) is 10.9 Å². The molecule has 2 atom stereocenters. The van der Waals surface area contributed by atoms with Crippen molar-refractivity contribution in [2.24, 2.45) is 0 Å². The van der Waals surface area contributed by atoms with Gasteiger partial charge in [-0.25, -0.2) is 0 Å². The maximum atomic E-state index is 12.1. The molecule has 0 aromatic heterocycles. The van der Waals surface area contributed by atoms with Crippen molar-refractivity contribution in [3.8, 4) is 0 Å². The maximum absolute atomic E-state index is 12.1. The second-order valence-electron chi connectivity index (χ2n) is 4.07. The van der Waals surface area contributed by atoms with Crippen LogP contribution in [0.25, 0.3) is 0 Å². The molecule has 0 saturated carbocycles. The topological polar surface area (TPSA) is 38.3 Å². The average Bonchev–Trinajstić information content (AvgIpc) is 2.68. The van der Waals surface area contributed by atoms with Crippen molar-refractivity contribution >= 4 is 33.4 Å². The van der Waals surface area contributed by atoms with Crippen LogP contribution < -0.4 is 5.32 Å². The highest BCUT2D eigenvalue weighted by atomic mass is 79.9. The van der Waals surface area contributed by atoms with Gasteiger partial charge in [-0.2, -0.15) is 0 Å². The first-order chi connectivity index (χ1) is 8.08. The molecule has 3 nitrogen and oxygen atoms in total. The van der Waals surface area contributed by atoms with Crippen LogP contribution in [0.3, 0.4) is 0 Å². The smallest absolute Gasteiger partial charge is 0.252 e. The quantitative estimate of drug-likeness (QED) is 0.910. The lowest BCUT2D eigenvalue weighted by Gasteiger charge is -2.16. The number of nitrogens with one attached hydrogen (secondary N) is 1. The molecule has 0 bridgehead atoms. The predicted molar refractivity (Wildman–Crippen MR) is 70.4 cm³/mol. The van der Waals surface area contributed by atoms with Crippen LogP contribution in [0.2, 0.25) is 5.02 Å². The van der Waals surface area contributed by atoms with Crippen molar-refractivity contribution in [3.63, 3.8) is 0 Å². The van der Waals surface area contributed by atoms with E-state index in [2.05, 4.69) is 21.2 Å². The molecule has 17 heavy (non-hydrogen) atoms. The second kappa shape index (κ2) is 5.38. The Bertz CT molecular complexity index is 439. The van der Waals surface area contributed by atoms with Gasteiger partial charge in [0.25, 0.3) is 5.91 Å². The molecule has 0 radical (unpaired) electrons. The summed E-state index contributed by atoms with van der Waals surface area (Å²) in [5, 5.41) is 3.51. The molecule has 2 unspecified atom stereocenters. The molecule has 5 heteroatoms. The molecule has 1 aliphatic heterocycles. The summed E-state index contributed by atoms with van der Waals surface area (Å²) in [6.07, 6.45) is 0.919. The van der Waals surface area contributed by atoms with Crippen molar-refractivity contribution in [1.29, 1.82) is 0 Å². The fourth-order valence-electron chi connectivity index (χ4n) is 1.84. The molecule has 0 aliphatic carbocycles. The first-order valence-corrected chi connectivity index (χ1v) is 6.62. The minimum Gasteiger partial charge on any atom is -0.376 e. The third-order valence-electron chi connectivity index (χ3n) is 2.87. The van der Waals surface area contributed by atoms with Crippen molar-refractivity contribution in [2.45, 2.75) is 25.5 Å². The van der Waals surface area contributed by atoms with Gasteiger partial charge in [-0.05, 0) is 47.5 Å². The van der Waals surface area contributed by atoms with E-state index in [1.807, 2.05) is 6.92 Å². The van der Waals surface area contributed by atoms with Gasteiger partial charge in [-0.3, -0.25) is 4.79 Å². The van der Waals surface area contributed by atoms with Gasteiger partial charge in [0.15, 0.2) is 0 Å². The summed E-state index contributed by atoms with van der Waals surface area (Å²) < 4.78 is 6.15. The number of carbonyl (C=O) groups is 1. The van der Waals surface area contributed by atoms with Gasteiger partial charge in [0, 0.05) is 16.1 Å². The summed E-state index contributed by atoms with van der Waals surface area (Å²) in [5.41, 5.74) is 0.552. The lowest BCUT2D eigenvalue weighted by molar-refractivity contribution is 0.0865. The van der Waals surface area contributed by atoms with Crippen molar-refractivity contribution in [3.05, 3.63) is 33.3 Å². The zero-order chi connectivity index (χ0) is 12.4. The van der Waals surface area contributed by atoms with Crippen LogP contribution in [0.4, 0.5) is 0 Å². The fraction of sp³-hybridized carbons (Fsp3) is 0.417. The highest BCUT2D eigenvalue weighted by Crippen LogP contribution is 2.22. The van der Waals surface area contributed by atoms with Crippen LogP contribution in [-0.4, -0.2) is 24.7 Å². The molecule has 0 spiro atoms. The average molecular weight is 319 g/mol. The molecule has 2 rings (SSSR count). The Balaban J connectivity index is 2.11. The normalized spacial score (nSPS) is 23.7. The number of rotatable bonds is 2. The number of carbonyl (C=O) groups excluding carboxylic acids is 1. The lowest BCUT2D eigenvalue weighted by Crippen LogP contribution is -2.39. The van der Waals surface area contributed by atoms with Crippen LogP contribution in [0.1, 0.15) is 23.7 Å². The number of amides is 1.